The van der Waals surface area contributed by atoms with E-state index in [2.05, 4.69) is 20.4 Å². The molecule has 1 atom stereocenters. The maximum absolute atomic E-state index is 10.2. The molecule has 7 nitrogen and oxygen atoms in total. The quantitative estimate of drug-likeness (QED) is 0.682. The van der Waals surface area contributed by atoms with E-state index in [9.17, 15) is 5.11 Å². The molecule has 1 aromatic carbocycles. The van der Waals surface area contributed by atoms with Gasteiger partial charge in [0, 0.05) is 13.6 Å². The third-order valence-corrected chi connectivity index (χ3v) is 4.36. The van der Waals surface area contributed by atoms with Gasteiger partial charge in [-0.1, -0.05) is 29.3 Å². The molecule has 132 valence electrons. The van der Waals surface area contributed by atoms with Gasteiger partial charge in [0.1, 0.15) is 35.1 Å². The second-order valence-corrected chi connectivity index (χ2v) is 6.31. The number of aromatic nitrogens is 4. The van der Waals surface area contributed by atoms with Crippen LogP contribution in [0.3, 0.4) is 0 Å². The molecule has 0 bridgehead atoms. The highest BCUT2D eigenvalue weighted by Gasteiger charge is 2.13. The Labute approximate surface area is 154 Å². The van der Waals surface area contributed by atoms with Gasteiger partial charge in [-0.15, -0.1) is 0 Å². The van der Waals surface area contributed by atoms with Crippen LogP contribution in [0.15, 0.2) is 24.4 Å². The van der Waals surface area contributed by atoms with Gasteiger partial charge in [0.25, 0.3) is 0 Å². The van der Waals surface area contributed by atoms with Crippen molar-refractivity contribution < 1.29 is 9.84 Å². The lowest BCUT2D eigenvalue weighted by Gasteiger charge is -2.15. The lowest BCUT2D eigenvalue weighted by Crippen LogP contribution is -2.26. The first kappa shape index (κ1) is 17.7. The van der Waals surface area contributed by atoms with Gasteiger partial charge in [-0.2, -0.15) is 5.10 Å². The van der Waals surface area contributed by atoms with Crippen LogP contribution in [-0.2, 0) is 7.05 Å². The number of benzene rings is 1. The number of hydrogen-bond donors (Lipinski definition) is 2. The van der Waals surface area contributed by atoms with Crippen molar-refractivity contribution in [3.8, 4) is 5.75 Å². The lowest BCUT2D eigenvalue weighted by molar-refractivity contribution is 0.117. The van der Waals surface area contributed by atoms with Crippen LogP contribution in [-0.4, -0.2) is 44.1 Å². The molecule has 0 amide bonds. The van der Waals surface area contributed by atoms with Crippen molar-refractivity contribution >= 4 is 40.1 Å². The van der Waals surface area contributed by atoms with Crippen molar-refractivity contribution in [1.29, 1.82) is 0 Å². The summed E-state index contributed by atoms with van der Waals surface area (Å²) in [6.45, 7) is 2.12. The number of nitrogens with one attached hydrogen (secondary N) is 1. The van der Waals surface area contributed by atoms with Gasteiger partial charge in [0.2, 0.25) is 0 Å². The molecule has 0 spiro atoms. The molecule has 2 N–H and O–H groups in total. The van der Waals surface area contributed by atoms with Crippen LogP contribution in [0.1, 0.15) is 5.82 Å². The molecule has 0 radical (unpaired) electrons. The van der Waals surface area contributed by atoms with E-state index in [4.69, 9.17) is 27.9 Å². The van der Waals surface area contributed by atoms with Crippen LogP contribution < -0.4 is 10.1 Å². The third-order valence-electron chi connectivity index (χ3n) is 3.56. The molecular formula is C16H17Cl2N5O2. The van der Waals surface area contributed by atoms with Crippen molar-refractivity contribution in [2.75, 3.05) is 18.5 Å². The number of aryl methyl sites for hydroxylation is 2. The number of aliphatic hydroxyl groups excluding tert-OH is 1. The summed E-state index contributed by atoms with van der Waals surface area (Å²) in [5.41, 5.74) is 0.728. The largest absolute Gasteiger partial charge is 0.489 e. The van der Waals surface area contributed by atoms with Crippen molar-refractivity contribution in [3.63, 3.8) is 0 Å². The van der Waals surface area contributed by atoms with E-state index < -0.39 is 6.10 Å². The second-order valence-electron chi connectivity index (χ2n) is 5.52. The van der Waals surface area contributed by atoms with Crippen LogP contribution in [0.2, 0.25) is 10.0 Å². The number of halogens is 2. The zero-order valence-corrected chi connectivity index (χ0v) is 15.2. The molecule has 3 rings (SSSR count). The first-order chi connectivity index (χ1) is 12.0. The Hall–Kier alpha value is -2.09. The Morgan fingerprint density at radius 1 is 1.32 bits per heavy atom. The predicted molar refractivity (Wildman–Crippen MR) is 97.5 cm³/mol. The summed E-state index contributed by atoms with van der Waals surface area (Å²) in [5.74, 6) is 1.67. The van der Waals surface area contributed by atoms with Gasteiger partial charge in [-0.25, -0.2) is 9.97 Å². The smallest absolute Gasteiger partial charge is 0.163 e. The van der Waals surface area contributed by atoms with Gasteiger partial charge >= 0.3 is 0 Å². The Kier molecular flexibility index (Phi) is 5.27. The molecule has 0 aliphatic heterocycles. The predicted octanol–water partition coefficient (Wildman–Crippen LogP) is 2.83. The summed E-state index contributed by atoms with van der Waals surface area (Å²) in [7, 11) is 1.82. The van der Waals surface area contributed by atoms with E-state index in [0.29, 0.717) is 27.4 Å². The van der Waals surface area contributed by atoms with E-state index in [1.807, 2.05) is 7.05 Å². The molecule has 0 saturated heterocycles. The van der Waals surface area contributed by atoms with Crippen molar-refractivity contribution in [1.82, 2.24) is 19.7 Å². The maximum Gasteiger partial charge on any atom is 0.163 e. The summed E-state index contributed by atoms with van der Waals surface area (Å²) in [4.78, 5) is 8.72. The monoisotopic (exact) mass is 381 g/mol. The van der Waals surface area contributed by atoms with Crippen molar-refractivity contribution in [3.05, 3.63) is 40.3 Å². The number of anilines is 1. The van der Waals surface area contributed by atoms with Crippen LogP contribution in [0.5, 0.6) is 5.75 Å². The normalized spacial score (nSPS) is 12.4. The molecular weight excluding hydrogens is 365 g/mol. The number of nitrogens with zero attached hydrogens (tertiary/aromatic N) is 4. The zero-order chi connectivity index (χ0) is 18.0. The second kappa shape index (κ2) is 7.43. The fourth-order valence-corrected chi connectivity index (χ4v) is 2.67. The van der Waals surface area contributed by atoms with Gasteiger partial charge in [-0.3, -0.25) is 4.68 Å². The van der Waals surface area contributed by atoms with Crippen LogP contribution >= 0.6 is 23.2 Å². The molecule has 0 fully saturated rings. The average Bonchev–Trinajstić information content (AvgIpc) is 2.95. The molecule has 9 heteroatoms. The van der Waals surface area contributed by atoms with Crippen LogP contribution in [0.25, 0.3) is 11.0 Å². The SMILES string of the molecule is Cc1nc(NC[C@H](O)COc2cccc(Cl)c2Cl)c2cnn(C)c2n1. The topological polar surface area (TPSA) is 85.1 Å². The van der Waals surface area contributed by atoms with Gasteiger partial charge < -0.3 is 15.2 Å². The van der Waals surface area contributed by atoms with Crippen LogP contribution in [0.4, 0.5) is 5.82 Å². The highest BCUT2D eigenvalue weighted by Crippen LogP contribution is 2.31. The molecule has 25 heavy (non-hydrogen) atoms. The number of fused-ring (bicyclic) bond motifs is 1. The fraction of sp³-hybridized carbons (Fsp3) is 0.312. The van der Waals surface area contributed by atoms with E-state index in [1.54, 1.807) is 36.0 Å². The molecule has 0 unspecified atom stereocenters. The molecule has 3 aromatic rings. The number of hydrogen-bond acceptors (Lipinski definition) is 6. The first-order valence-electron chi connectivity index (χ1n) is 7.61. The Bertz CT molecular complexity index is 900. The van der Waals surface area contributed by atoms with Crippen molar-refractivity contribution in [2.45, 2.75) is 13.0 Å². The highest BCUT2D eigenvalue weighted by atomic mass is 35.5. The van der Waals surface area contributed by atoms with Gasteiger partial charge in [0.05, 0.1) is 16.6 Å². The van der Waals surface area contributed by atoms with E-state index >= 15 is 0 Å². The number of rotatable bonds is 6. The standard InChI is InChI=1S/C16H17Cl2N5O2/c1-9-21-15(11-7-20-23(2)16(11)22-9)19-6-10(24)8-25-13-5-3-4-12(17)14(13)18/h3-5,7,10,24H,6,8H2,1-2H3,(H,19,21,22)/t10-/m0/s1. The fourth-order valence-electron chi connectivity index (χ4n) is 2.32. The summed E-state index contributed by atoms with van der Waals surface area (Å²) < 4.78 is 7.20. The van der Waals surface area contributed by atoms with E-state index in [1.165, 1.54) is 0 Å². The lowest BCUT2D eigenvalue weighted by atomic mass is 10.3. The Morgan fingerprint density at radius 3 is 2.92 bits per heavy atom. The minimum Gasteiger partial charge on any atom is -0.489 e. The summed E-state index contributed by atoms with van der Waals surface area (Å²) in [5, 5.41) is 19.0. The molecule has 0 saturated carbocycles. The zero-order valence-electron chi connectivity index (χ0n) is 13.7. The summed E-state index contributed by atoms with van der Waals surface area (Å²) >= 11 is 12.0. The van der Waals surface area contributed by atoms with E-state index in [0.717, 1.165) is 11.0 Å². The van der Waals surface area contributed by atoms with Gasteiger partial charge in [0.15, 0.2) is 5.65 Å². The van der Waals surface area contributed by atoms with Crippen molar-refractivity contribution in [2.24, 2.45) is 7.05 Å². The summed E-state index contributed by atoms with van der Waals surface area (Å²) in [6.07, 6.45) is 0.920. The van der Waals surface area contributed by atoms with Crippen LogP contribution in [0, 0.1) is 6.92 Å². The Balaban J connectivity index is 1.63. The third kappa shape index (κ3) is 3.95. The maximum atomic E-state index is 10.2. The average molecular weight is 382 g/mol. The highest BCUT2D eigenvalue weighted by molar-refractivity contribution is 6.42. The molecule has 2 heterocycles. The minimum absolute atomic E-state index is 0.0628. The van der Waals surface area contributed by atoms with E-state index in [-0.39, 0.29) is 13.2 Å². The molecule has 0 aliphatic rings. The molecule has 0 aliphatic carbocycles. The minimum atomic E-state index is -0.767. The summed E-state index contributed by atoms with van der Waals surface area (Å²) in [6, 6.07) is 5.10. The number of aliphatic hydroxyl groups is 1. The Morgan fingerprint density at radius 2 is 2.12 bits per heavy atom. The number of ether oxygens (including phenoxy) is 1. The molecule has 2 aromatic heterocycles. The first-order valence-corrected chi connectivity index (χ1v) is 8.36. The van der Waals surface area contributed by atoms with Gasteiger partial charge in [-0.05, 0) is 19.1 Å².